The number of amides is 1. The summed E-state index contributed by atoms with van der Waals surface area (Å²) in [5, 5.41) is 12.6. The minimum absolute atomic E-state index is 0.0195. The predicted octanol–water partition coefficient (Wildman–Crippen LogP) is 2.73. The number of phenolic OH excluding ortho intramolecular Hbond substituents is 1. The largest absolute Gasteiger partial charge is 0.506 e. The molecule has 1 atom stereocenters. The lowest BCUT2D eigenvalue weighted by molar-refractivity contribution is -0.146. The van der Waals surface area contributed by atoms with E-state index in [0.717, 1.165) is 24.8 Å². The second-order valence-electron chi connectivity index (χ2n) is 6.27. The van der Waals surface area contributed by atoms with Crippen molar-refractivity contribution in [3.63, 3.8) is 0 Å². The highest BCUT2D eigenvalue weighted by Gasteiger charge is 2.28. The number of carbonyl (C=O) groups is 2. The number of methoxy groups -OCH3 is 1. The lowest BCUT2D eigenvalue weighted by atomic mass is 9.94. The van der Waals surface area contributed by atoms with Gasteiger partial charge in [-0.05, 0) is 43.9 Å². The highest BCUT2D eigenvalue weighted by molar-refractivity contribution is 5.92. The highest BCUT2D eigenvalue weighted by Crippen LogP contribution is 2.26. The van der Waals surface area contributed by atoms with Crippen LogP contribution in [0.15, 0.2) is 18.2 Å². The van der Waals surface area contributed by atoms with Gasteiger partial charge in [-0.2, -0.15) is 0 Å². The van der Waals surface area contributed by atoms with Gasteiger partial charge in [-0.3, -0.25) is 9.59 Å². The van der Waals surface area contributed by atoms with E-state index in [1.165, 1.54) is 13.2 Å². The van der Waals surface area contributed by atoms with Crippen LogP contribution in [-0.2, 0) is 20.7 Å². The van der Waals surface area contributed by atoms with Gasteiger partial charge < -0.3 is 20.9 Å². The van der Waals surface area contributed by atoms with E-state index in [-0.39, 0.29) is 11.7 Å². The summed E-state index contributed by atoms with van der Waals surface area (Å²) in [6, 6.07) is 4.98. The Morgan fingerprint density at radius 2 is 2.04 bits per heavy atom. The lowest BCUT2D eigenvalue weighted by Crippen LogP contribution is -2.46. The summed E-state index contributed by atoms with van der Waals surface area (Å²) >= 11 is 0. The number of aromatic hydroxyl groups is 1. The smallest absolute Gasteiger partial charge is 0.325 e. The summed E-state index contributed by atoms with van der Waals surface area (Å²) in [6.07, 6.45) is 4.23. The number of phenols is 1. The van der Waals surface area contributed by atoms with E-state index in [2.05, 4.69) is 17.0 Å². The van der Waals surface area contributed by atoms with Crippen LogP contribution in [0.25, 0.3) is 0 Å². The van der Waals surface area contributed by atoms with Crippen molar-refractivity contribution in [2.24, 2.45) is 5.73 Å². The minimum atomic E-state index is -1.07. The first-order valence-corrected chi connectivity index (χ1v) is 8.29. The molecule has 1 rings (SSSR count). The molecule has 0 radical (unpaired) electrons. The number of esters is 1. The van der Waals surface area contributed by atoms with Gasteiger partial charge in [-0.1, -0.05) is 25.8 Å². The maximum absolute atomic E-state index is 11.9. The SMILES string of the molecule is CCCCCC(=O)Nc1cc(CC[C@@](C)(N)C(=O)OC)ccc1O. The number of hydrogen-bond donors (Lipinski definition) is 3. The lowest BCUT2D eigenvalue weighted by Gasteiger charge is -2.21. The van der Waals surface area contributed by atoms with Crippen molar-refractivity contribution >= 4 is 17.6 Å². The van der Waals surface area contributed by atoms with E-state index in [0.29, 0.717) is 24.9 Å². The van der Waals surface area contributed by atoms with Crippen LogP contribution < -0.4 is 11.1 Å². The van der Waals surface area contributed by atoms with Crippen LogP contribution in [0.4, 0.5) is 5.69 Å². The number of unbranched alkanes of at least 4 members (excludes halogenated alkanes) is 2. The number of aryl methyl sites for hydroxylation is 1. The molecule has 0 spiro atoms. The molecule has 0 heterocycles. The van der Waals surface area contributed by atoms with Crippen LogP contribution in [0, 0.1) is 0 Å². The number of nitrogens with two attached hydrogens (primary N) is 1. The van der Waals surface area contributed by atoms with Gasteiger partial charge in [0, 0.05) is 6.42 Å². The monoisotopic (exact) mass is 336 g/mol. The summed E-state index contributed by atoms with van der Waals surface area (Å²) < 4.78 is 4.68. The molecule has 0 aliphatic rings. The molecule has 0 saturated heterocycles. The molecule has 1 aromatic carbocycles. The quantitative estimate of drug-likeness (QED) is 0.366. The fourth-order valence-corrected chi connectivity index (χ4v) is 2.33. The Kier molecular flexibility index (Phi) is 7.71. The van der Waals surface area contributed by atoms with Gasteiger partial charge in [-0.25, -0.2) is 0 Å². The standard InChI is InChI=1S/C18H28N2O4/c1-4-5-6-7-16(22)20-14-12-13(8-9-15(14)21)10-11-18(2,19)17(23)24-3/h8-9,12,21H,4-7,10-11,19H2,1-3H3,(H,20,22)/t18-/m1/s1. The number of anilines is 1. The molecule has 6 nitrogen and oxygen atoms in total. The molecule has 6 heteroatoms. The number of rotatable bonds is 9. The van der Waals surface area contributed by atoms with E-state index in [1.54, 1.807) is 19.1 Å². The molecule has 134 valence electrons. The van der Waals surface area contributed by atoms with Gasteiger partial charge in [0.2, 0.25) is 5.91 Å². The Morgan fingerprint density at radius 3 is 2.67 bits per heavy atom. The van der Waals surface area contributed by atoms with Crippen molar-refractivity contribution in [2.45, 2.75) is 57.9 Å². The molecular weight excluding hydrogens is 308 g/mol. The van der Waals surface area contributed by atoms with Crippen molar-refractivity contribution < 1.29 is 19.4 Å². The number of hydrogen-bond acceptors (Lipinski definition) is 5. The highest BCUT2D eigenvalue weighted by atomic mass is 16.5. The van der Waals surface area contributed by atoms with Crippen molar-refractivity contribution in [2.75, 3.05) is 12.4 Å². The molecule has 1 aromatic rings. The summed E-state index contributed by atoms with van der Waals surface area (Å²) in [4.78, 5) is 23.5. The Morgan fingerprint density at radius 1 is 1.33 bits per heavy atom. The van der Waals surface area contributed by atoms with Crippen molar-refractivity contribution in [1.82, 2.24) is 0 Å². The number of nitrogens with one attached hydrogen (secondary N) is 1. The minimum Gasteiger partial charge on any atom is -0.506 e. The zero-order valence-corrected chi connectivity index (χ0v) is 14.7. The van der Waals surface area contributed by atoms with Gasteiger partial charge >= 0.3 is 5.97 Å². The Labute approximate surface area is 143 Å². The molecule has 0 fully saturated rings. The van der Waals surface area contributed by atoms with E-state index in [9.17, 15) is 14.7 Å². The number of carbonyl (C=O) groups excluding carboxylic acids is 2. The average molecular weight is 336 g/mol. The van der Waals surface area contributed by atoms with Crippen LogP contribution in [0.3, 0.4) is 0 Å². The third-order valence-corrected chi connectivity index (χ3v) is 3.93. The first-order chi connectivity index (χ1) is 11.3. The van der Waals surface area contributed by atoms with E-state index in [1.807, 2.05) is 0 Å². The van der Waals surface area contributed by atoms with Crippen molar-refractivity contribution in [3.05, 3.63) is 23.8 Å². The average Bonchev–Trinajstić information content (AvgIpc) is 2.55. The molecule has 1 amide bonds. The first-order valence-electron chi connectivity index (χ1n) is 8.29. The zero-order chi connectivity index (χ0) is 18.2. The summed E-state index contributed by atoms with van der Waals surface area (Å²) in [6.45, 7) is 3.70. The van der Waals surface area contributed by atoms with Crippen LogP contribution in [-0.4, -0.2) is 29.6 Å². The summed E-state index contributed by atoms with van der Waals surface area (Å²) in [5.74, 6) is -0.564. The third-order valence-electron chi connectivity index (χ3n) is 3.93. The molecule has 4 N–H and O–H groups in total. The topological polar surface area (TPSA) is 102 Å². The van der Waals surface area contributed by atoms with Gasteiger partial charge in [0.25, 0.3) is 0 Å². The second kappa shape index (κ2) is 9.27. The van der Waals surface area contributed by atoms with Gasteiger partial charge in [-0.15, -0.1) is 0 Å². The van der Waals surface area contributed by atoms with Crippen LogP contribution in [0.1, 0.15) is 51.5 Å². The van der Waals surface area contributed by atoms with Crippen molar-refractivity contribution in [3.8, 4) is 5.75 Å². The fourth-order valence-electron chi connectivity index (χ4n) is 2.33. The first kappa shape index (κ1) is 20.0. The molecule has 24 heavy (non-hydrogen) atoms. The third kappa shape index (κ3) is 6.20. The normalized spacial score (nSPS) is 13.2. The van der Waals surface area contributed by atoms with Crippen LogP contribution in [0.2, 0.25) is 0 Å². The predicted molar refractivity (Wildman–Crippen MR) is 93.8 cm³/mol. The fraction of sp³-hybridized carbons (Fsp3) is 0.556. The molecule has 0 bridgehead atoms. The maximum Gasteiger partial charge on any atom is 0.325 e. The van der Waals surface area contributed by atoms with Gasteiger partial charge in [0.1, 0.15) is 11.3 Å². The summed E-state index contributed by atoms with van der Waals surface area (Å²) in [7, 11) is 1.31. The maximum atomic E-state index is 11.9. The van der Waals surface area contributed by atoms with Gasteiger partial charge in [0.05, 0.1) is 12.8 Å². The summed E-state index contributed by atoms with van der Waals surface area (Å²) in [5.41, 5.74) is 6.12. The van der Waals surface area contributed by atoms with Crippen molar-refractivity contribution in [1.29, 1.82) is 0 Å². The van der Waals surface area contributed by atoms with E-state index >= 15 is 0 Å². The molecular formula is C18H28N2O4. The molecule has 0 unspecified atom stereocenters. The van der Waals surface area contributed by atoms with E-state index in [4.69, 9.17) is 5.73 Å². The Hall–Kier alpha value is -2.08. The van der Waals surface area contributed by atoms with Crippen LogP contribution >= 0.6 is 0 Å². The number of ether oxygens (including phenoxy) is 1. The van der Waals surface area contributed by atoms with E-state index < -0.39 is 11.5 Å². The molecule has 0 aliphatic carbocycles. The molecule has 0 aliphatic heterocycles. The Balaban J connectivity index is 2.69. The molecule has 0 saturated carbocycles. The zero-order valence-electron chi connectivity index (χ0n) is 14.7. The second-order valence-corrected chi connectivity index (χ2v) is 6.27. The number of benzene rings is 1. The van der Waals surface area contributed by atoms with Crippen LogP contribution in [0.5, 0.6) is 5.75 Å². The van der Waals surface area contributed by atoms with Gasteiger partial charge in [0.15, 0.2) is 0 Å². The molecule has 0 aromatic heterocycles. The Bertz CT molecular complexity index is 570.